The highest BCUT2D eigenvalue weighted by atomic mass is 19.4. The Kier molecular flexibility index (Phi) is 6.55. The smallest absolute Gasteiger partial charge is 0.477 e. The van der Waals surface area contributed by atoms with Gasteiger partial charge in [-0.15, -0.1) is 0 Å². The van der Waals surface area contributed by atoms with Crippen molar-refractivity contribution in [3.63, 3.8) is 0 Å². The number of aromatic nitrogens is 1. The van der Waals surface area contributed by atoms with Crippen molar-refractivity contribution in [3.05, 3.63) is 51.8 Å². The number of anilines is 1. The molecule has 5 N–H and O–H groups in total. The van der Waals surface area contributed by atoms with Crippen LogP contribution in [0.15, 0.2) is 35.1 Å². The van der Waals surface area contributed by atoms with Crippen LogP contribution in [0.5, 0.6) is 0 Å². The lowest BCUT2D eigenvalue weighted by Gasteiger charge is -2.19. The molecule has 4 rings (SSSR count). The number of carboxylic acids is 2. The fourth-order valence-corrected chi connectivity index (χ4v) is 3.99. The zero-order valence-electron chi connectivity index (χ0n) is 17.8. The summed E-state index contributed by atoms with van der Waals surface area (Å²) in [6.45, 7) is 3.83. The lowest BCUT2D eigenvalue weighted by molar-refractivity contribution is -0.192. The van der Waals surface area contributed by atoms with Gasteiger partial charge in [0.15, 0.2) is 0 Å². The molecule has 1 aliphatic carbocycles. The third-order valence-electron chi connectivity index (χ3n) is 6.10. The lowest BCUT2D eigenvalue weighted by Crippen LogP contribution is -2.30. The number of pyridine rings is 1. The summed E-state index contributed by atoms with van der Waals surface area (Å²) in [7, 11) is 0. The summed E-state index contributed by atoms with van der Waals surface area (Å²) < 4.78 is 31.7. The van der Waals surface area contributed by atoms with E-state index in [0.29, 0.717) is 17.5 Å². The van der Waals surface area contributed by atoms with Crippen molar-refractivity contribution in [2.24, 2.45) is 11.1 Å². The number of carbonyl (C=O) groups is 2. The zero-order chi connectivity index (χ0) is 24.6. The van der Waals surface area contributed by atoms with E-state index in [4.69, 9.17) is 20.7 Å². The van der Waals surface area contributed by atoms with Gasteiger partial charge in [0, 0.05) is 30.2 Å². The number of nitrogens with two attached hydrogens (primary N) is 1. The van der Waals surface area contributed by atoms with Crippen molar-refractivity contribution in [2.45, 2.75) is 38.4 Å². The zero-order valence-corrected chi connectivity index (χ0v) is 17.8. The highest BCUT2D eigenvalue weighted by molar-refractivity contribution is 5.88. The molecule has 2 aromatic rings. The van der Waals surface area contributed by atoms with E-state index in [9.17, 15) is 22.8 Å². The van der Waals surface area contributed by atoms with E-state index in [0.717, 1.165) is 29.9 Å². The molecule has 8 nitrogen and oxygen atoms in total. The van der Waals surface area contributed by atoms with Crippen LogP contribution >= 0.6 is 0 Å². The molecule has 1 atom stereocenters. The maximum Gasteiger partial charge on any atom is 0.490 e. The molecule has 178 valence electrons. The SMILES string of the molecule is CCc1cc(C(=O)O)c(=O)[nH]c1-c1ccc(N2CC(N)C3(CC3)C2)cc1.O=C(O)C(F)(F)F. The van der Waals surface area contributed by atoms with Crippen LogP contribution in [0.2, 0.25) is 0 Å². The molecule has 1 unspecified atom stereocenters. The van der Waals surface area contributed by atoms with E-state index in [-0.39, 0.29) is 11.6 Å². The summed E-state index contributed by atoms with van der Waals surface area (Å²) in [6, 6.07) is 9.76. The van der Waals surface area contributed by atoms with Gasteiger partial charge in [-0.2, -0.15) is 13.2 Å². The van der Waals surface area contributed by atoms with Crippen molar-refractivity contribution in [2.75, 3.05) is 18.0 Å². The Balaban J connectivity index is 0.000000383. The maximum atomic E-state index is 12.1. The fraction of sp³-hybridized carbons (Fsp3) is 0.409. The fourth-order valence-electron chi connectivity index (χ4n) is 3.99. The maximum absolute atomic E-state index is 12.1. The number of benzene rings is 1. The second kappa shape index (κ2) is 8.89. The van der Waals surface area contributed by atoms with E-state index in [2.05, 4.69) is 9.88 Å². The van der Waals surface area contributed by atoms with Crippen molar-refractivity contribution < 1.29 is 33.0 Å². The molecule has 0 bridgehead atoms. The monoisotopic (exact) mass is 467 g/mol. The van der Waals surface area contributed by atoms with E-state index in [1.165, 1.54) is 18.9 Å². The second-order valence-corrected chi connectivity index (χ2v) is 8.27. The van der Waals surface area contributed by atoms with Gasteiger partial charge >= 0.3 is 18.1 Å². The van der Waals surface area contributed by atoms with E-state index in [1.54, 1.807) is 0 Å². The van der Waals surface area contributed by atoms with Gasteiger partial charge in [-0.1, -0.05) is 19.1 Å². The molecule has 1 saturated heterocycles. The number of H-pyrrole nitrogens is 1. The summed E-state index contributed by atoms with van der Waals surface area (Å²) in [5.41, 5.74) is 9.33. The number of aryl methyl sites for hydroxylation is 1. The van der Waals surface area contributed by atoms with E-state index < -0.39 is 23.7 Å². The number of hydrogen-bond donors (Lipinski definition) is 4. The summed E-state index contributed by atoms with van der Waals surface area (Å²) in [5, 5.41) is 16.3. The van der Waals surface area contributed by atoms with Crippen LogP contribution in [-0.2, 0) is 11.2 Å². The molecular weight excluding hydrogens is 443 g/mol. The van der Waals surface area contributed by atoms with E-state index >= 15 is 0 Å². The van der Waals surface area contributed by atoms with Gasteiger partial charge in [0.1, 0.15) is 5.56 Å². The van der Waals surface area contributed by atoms with Gasteiger partial charge in [-0.3, -0.25) is 4.79 Å². The van der Waals surface area contributed by atoms with Gasteiger partial charge in [0.05, 0.1) is 5.69 Å². The van der Waals surface area contributed by atoms with Crippen LogP contribution in [0.4, 0.5) is 18.9 Å². The molecule has 1 spiro atoms. The molecule has 2 aliphatic rings. The van der Waals surface area contributed by atoms with Gasteiger partial charge < -0.3 is 25.8 Å². The van der Waals surface area contributed by atoms with Crippen LogP contribution in [0, 0.1) is 5.41 Å². The van der Waals surface area contributed by atoms with Crippen LogP contribution in [-0.4, -0.2) is 52.4 Å². The predicted molar refractivity (Wildman–Crippen MR) is 114 cm³/mol. The summed E-state index contributed by atoms with van der Waals surface area (Å²) >= 11 is 0. The minimum Gasteiger partial charge on any atom is -0.477 e. The molecule has 1 aliphatic heterocycles. The number of aliphatic carboxylic acids is 1. The highest BCUT2D eigenvalue weighted by Gasteiger charge is 2.53. The number of rotatable bonds is 4. The van der Waals surface area contributed by atoms with Crippen molar-refractivity contribution in [1.82, 2.24) is 4.98 Å². The molecule has 1 saturated carbocycles. The first-order valence-corrected chi connectivity index (χ1v) is 10.3. The Bertz CT molecular complexity index is 1110. The molecule has 1 aromatic carbocycles. The third kappa shape index (κ3) is 5.19. The molecule has 33 heavy (non-hydrogen) atoms. The number of carboxylic acid groups (broad SMARTS) is 2. The molecule has 11 heteroatoms. The van der Waals surface area contributed by atoms with Crippen LogP contribution in [0.3, 0.4) is 0 Å². The number of aromatic carboxylic acids is 1. The average Bonchev–Trinajstić information content (AvgIpc) is 3.46. The van der Waals surface area contributed by atoms with Gasteiger partial charge in [0.2, 0.25) is 0 Å². The summed E-state index contributed by atoms with van der Waals surface area (Å²) in [5.74, 6) is -3.96. The molecular formula is C22H24F3N3O5. The Morgan fingerprint density at radius 2 is 1.79 bits per heavy atom. The first-order chi connectivity index (χ1) is 15.4. The minimum absolute atomic E-state index is 0.219. The Morgan fingerprint density at radius 1 is 1.21 bits per heavy atom. The van der Waals surface area contributed by atoms with Crippen LogP contribution in [0.25, 0.3) is 11.3 Å². The summed E-state index contributed by atoms with van der Waals surface area (Å²) in [6.07, 6.45) is -2.00. The summed E-state index contributed by atoms with van der Waals surface area (Å²) in [4.78, 5) is 37.2. The molecule has 0 amide bonds. The standard InChI is InChI=1S/C20H23N3O3.C2HF3O2/c1-2-12-9-15(19(25)26)18(24)22-17(12)13-3-5-14(6-4-13)23-10-16(21)20(11-23)7-8-20;3-2(4,5)1(6)7/h3-6,9,16H,2,7-8,10-11,21H2,1H3,(H,22,24)(H,25,26);(H,6,7). The normalized spacial score (nSPS) is 18.6. The van der Waals surface area contributed by atoms with Crippen molar-refractivity contribution >= 4 is 17.6 Å². The number of nitrogens with one attached hydrogen (secondary N) is 1. The number of halogens is 3. The van der Waals surface area contributed by atoms with Gasteiger partial charge in [-0.05, 0) is 48.6 Å². The number of alkyl halides is 3. The first kappa shape index (κ1) is 24.3. The topological polar surface area (TPSA) is 137 Å². The Morgan fingerprint density at radius 3 is 2.21 bits per heavy atom. The number of aromatic amines is 1. The molecule has 0 radical (unpaired) electrons. The highest BCUT2D eigenvalue weighted by Crippen LogP contribution is 2.52. The second-order valence-electron chi connectivity index (χ2n) is 8.27. The number of nitrogens with zero attached hydrogens (tertiary/aromatic N) is 1. The first-order valence-electron chi connectivity index (χ1n) is 10.3. The Labute approximate surface area is 186 Å². The molecule has 2 heterocycles. The van der Waals surface area contributed by atoms with Crippen LogP contribution in [0.1, 0.15) is 35.7 Å². The predicted octanol–water partition coefficient (Wildman–Crippen LogP) is 2.86. The quantitative estimate of drug-likeness (QED) is 0.543. The van der Waals surface area contributed by atoms with Gasteiger partial charge in [-0.25, -0.2) is 9.59 Å². The Hall–Kier alpha value is -3.34. The third-order valence-corrected chi connectivity index (χ3v) is 6.10. The largest absolute Gasteiger partial charge is 0.490 e. The molecule has 1 aromatic heterocycles. The van der Waals surface area contributed by atoms with Crippen molar-refractivity contribution in [1.29, 1.82) is 0 Å². The minimum atomic E-state index is -5.08. The lowest BCUT2D eigenvalue weighted by atomic mass is 10.0. The van der Waals surface area contributed by atoms with E-state index in [1.807, 2.05) is 31.2 Å². The number of hydrogen-bond acceptors (Lipinski definition) is 5. The average molecular weight is 467 g/mol. The van der Waals surface area contributed by atoms with Crippen molar-refractivity contribution in [3.8, 4) is 11.3 Å². The van der Waals surface area contributed by atoms with Gasteiger partial charge in [0.25, 0.3) is 5.56 Å². The van der Waals surface area contributed by atoms with Crippen LogP contribution < -0.4 is 16.2 Å². The molecule has 2 fully saturated rings.